The van der Waals surface area contributed by atoms with Gasteiger partial charge in [0, 0.05) is 43.9 Å². The molecule has 0 atom stereocenters. The van der Waals surface area contributed by atoms with Crippen molar-refractivity contribution in [1.29, 1.82) is 0 Å². The van der Waals surface area contributed by atoms with Crippen LogP contribution >= 0.6 is 11.3 Å². The summed E-state index contributed by atoms with van der Waals surface area (Å²) in [6.45, 7) is 6.90. The maximum atomic E-state index is 13.7. The van der Waals surface area contributed by atoms with E-state index in [0.717, 1.165) is 23.1 Å². The number of hydrogen-bond acceptors (Lipinski definition) is 8. The largest absolute Gasteiger partial charge is 0.486 e. The molecule has 3 aromatic rings. The highest BCUT2D eigenvalue weighted by Gasteiger charge is 2.26. The van der Waals surface area contributed by atoms with E-state index >= 15 is 0 Å². The molecule has 9 nitrogen and oxygen atoms in total. The van der Waals surface area contributed by atoms with Gasteiger partial charge in [-0.25, -0.2) is 13.4 Å². The molecule has 0 saturated carbocycles. The summed E-state index contributed by atoms with van der Waals surface area (Å²) in [6, 6.07) is 9.95. The molecule has 2 aromatic carbocycles. The van der Waals surface area contributed by atoms with E-state index in [-0.39, 0.29) is 10.8 Å². The minimum absolute atomic E-state index is 0.191. The standard InChI is InChI=1S/C26H34N4O5S2/c1-5-11-29(12-6-2)37(32,33)20-9-7-19(8-10-20)25(31)30(14-13-28(3)4)26-27-21-17-22-23(18-24(21)36-26)35-16-15-34-22/h7-10,17-18H,5-6,11-16H2,1-4H3. The van der Waals surface area contributed by atoms with Crippen LogP contribution in [0.2, 0.25) is 0 Å². The molecular weight excluding hydrogens is 512 g/mol. The summed E-state index contributed by atoms with van der Waals surface area (Å²) in [7, 11) is 0.273. The van der Waals surface area contributed by atoms with Crippen molar-refractivity contribution in [2.75, 3.05) is 58.4 Å². The molecule has 0 fully saturated rings. The van der Waals surface area contributed by atoms with Crippen LogP contribution in [-0.4, -0.2) is 82.0 Å². The fourth-order valence-electron chi connectivity index (χ4n) is 4.08. The van der Waals surface area contributed by atoms with Crippen LogP contribution in [0.25, 0.3) is 10.2 Å². The van der Waals surface area contributed by atoms with E-state index in [0.29, 0.717) is 61.6 Å². The number of sulfonamides is 1. The Bertz CT molecular complexity index is 1290. The van der Waals surface area contributed by atoms with Gasteiger partial charge in [-0.2, -0.15) is 4.31 Å². The molecule has 1 aromatic heterocycles. The molecule has 2 heterocycles. The average Bonchev–Trinajstić information content (AvgIpc) is 3.29. The number of ether oxygens (including phenoxy) is 2. The molecule has 4 rings (SSSR count). The van der Waals surface area contributed by atoms with Crippen molar-refractivity contribution in [2.45, 2.75) is 31.6 Å². The molecule has 37 heavy (non-hydrogen) atoms. The second-order valence-corrected chi connectivity index (χ2v) is 12.1. The van der Waals surface area contributed by atoms with Gasteiger partial charge in [0.25, 0.3) is 5.91 Å². The smallest absolute Gasteiger partial charge is 0.260 e. The molecule has 0 radical (unpaired) electrons. The van der Waals surface area contributed by atoms with Gasteiger partial charge in [-0.3, -0.25) is 9.69 Å². The average molecular weight is 547 g/mol. The Morgan fingerprint density at radius 3 is 2.16 bits per heavy atom. The summed E-state index contributed by atoms with van der Waals surface area (Å²) >= 11 is 1.41. The minimum Gasteiger partial charge on any atom is -0.486 e. The van der Waals surface area contributed by atoms with Gasteiger partial charge in [0.05, 0.1) is 15.1 Å². The first-order chi connectivity index (χ1) is 17.7. The normalized spacial score (nSPS) is 13.5. The Morgan fingerprint density at radius 2 is 1.57 bits per heavy atom. The van der Waals surface area contributed by atoms with Crippen LogP contribution in [-0.2, 0) is 10.0 Å². The third kappa shape index (κ3) is 6.06. The highest BCUT2D eigenvalue weighted by atomic mass is 32.2. The zero-order valence-corrected chi connectivity index (χ0v) is 23.4. The second kappa shape index (κ2) is 11.8. The number of rotatable bonds is 11. The number of fused-ring (bicyclic) bond motifs is 2. The number of hydrogen-bond donors (Lipinski definition) is 0. The molecule has 1 aliphatic heterocycles. The van der Waals surface area contributed by atoms with Crippen LogP contribution in [0.4, 0.5) is 5.13 Å². The van der Waals surface area contributed by atoms with E-state index in [1.54, 1.807) is 17.0 Å². The number of amides is 1. The third-order valence-corrected chi connectivity index (χ3v) is 8.93. The Labute approximate surface area is 222 Å². The maximum Gasteiger partial charge on any atom is 0.260 e. The molecule has 0 saturated heterocycles. The lowest BCUT2D eigenvalue weighted by molar-refractivity contribution is 0.0985. The second-order valence-electron chi connectivity index (χ2n) is 9.15. The van der Waals surface area contributed by atoms with E-state index in [1.807, 2.05) is 45.0 Å². The van der Waals surface area contributed by atoms with Gasteiger partial charge in [-0.15, -0.1) is 0 Å². The monoisotopic (exact) mass is 546 g/mol. The Kier molecular flexibility index (Phi) is 8.68. The van der Waals surface area contributed by atoms with Gasteiger partial charge in [0.1, 0.15) is 13.2 Å². The summed E-state index contributed by atoms with van der Waals surface area (Å²) in [4.78, 5) is 22.2. The summed E-state index contributed by atoms with van der Waals surface area (Å²) < 4.78 is 40.0. The zero-order chi connectivity index (χ0) is 26.6. The van der Waals surface area contributed by atoms with Gasteiger partial charge >= 0.3 is 0 Å². The minimum atomic E-state index is -3.62. The van der Waals surface area contributed by atoms with Gasteiger partial charge in [0.2, 0.25) is 10.0 Å². The zero-order valence-electron chi connectivity index (χ0n) is 21.8. The lowest BCUT2D eigenvalue weighted by atomic mass is 10.2. The van der Waals surface area contributed by atoms with Crippen molar-refractivity contribution in [3.63, 3.8) is 0 Å². The van der Waals surface area contributed by atoms with E-state index in [9.17, 15) is 13.2 Å². The van der Waals surface area contributed by atoms with Crippen molar-refractivity contribution in [3.05, 3.63) is 42.0 Å². The molecule has 1 aliphatic rings. The van der Waals surface area contributed by atoms with Gasteiger partial charge < -0.3 is 14.4 Å². The number of carbonyl (C=O) groups excluding carboxylic acids is 1. The van der Waals surface area contributed by atoms with Crippen molar-refractivity contribution in [2.24, 2.45) is 0 Å². The molecule has 0 spiro atoms. The number of anilines is 1. The SMILES string of the molecule is CCCN(CCC)S(=O)(=O)c1ccc(C(=O)N(CCN(C)C)c2nc3cc4c(cc3s2)OCCO4)cc1. The third-order valence-electron chi connectivity index (χ3n) is 5.97. The van der Waals surface area contributed by atoms with E-state index in [4.69, 9.17) is 14.5 Å². The van der Waals surface area contributed by atoms with Gasteiger partial charge in [-0.1, -0.05) is 25.2 Å². The van der Waals surface area contributed by atoms with Crippen molar-refractivity contribution >= 4 is 42.6 Å². The summed E-state index contributed by atoms with van der Waals surface area (Å²) in [5, 5.41) is 0.568. The summed E-state index contributed by atoms with van der Waals surface area (Å²) in [5.41, 5.74) is 1.14. The molecule has 200 valence electrons. The van der Waals surface area contributed by atoms with E-state index in [1.165, 1.54) is 27.8 Å². The number of nitrogens with zero attached hydrogens (tertiary/aromatic N) is 4. The maximum absolute atomic E-state index is 13.7. The first-order valence-corrected chi connectivity index (χ1v) is 14.8. The molecule has 0 unspecified atom stereocenters. The number of carbonyl (C=O) groups is 1. The van der Waals surface area contributed by atoms with Crippen LogP contribution in [0.1, 0.15) is 37.0 Å². The number of benzene rings is 2. The lowest BCUT2D eigenvalue weighted by Crippen LogP contribution is -2.36. The van der Waals surface area contributed by atoms with Crippen LogP contribution in [0, 0.1) is 0 Å². The molecule has 1 amide bonds. The molecule has 11 heteroatoms. The lowest BCUT2D eigenvalue weighted by Gasteiger charge is -2.23. The highest BCUT2D eigenvalue weighted by Crippen LogP contribution is 2.39. The first kappa shape index (κ1) is 27.3. The highest BCUT2D eigenvalue weighted by molar-refractivity contribution is 7.89. The number of aromatic nitrogens is 1. The van der Waals surface area contributed by atoms with Crippen LogP contribution in [0.3, 0.4) is 0 Å². The number of thiazole rings is 1. The summed E-state index contributed by atoms with van der Waals surface area (Å²) in [5.74, 6) is 1.09. The quantitative estimate of drug-likeness (QED) is 0.358. The summed E-state index contributed by atoms with van der Waals surface area (Å²) in [6.07, 6.45) is 1.47. The van der Waals surface area contributed by atoms with Gasteiger partial charge in [-0.05, 0) is 51.2 Å². The van der Waals surface area contributed by atoms with Crippen molar-refractivity contribution in [1.82, 2.24) is 14.2 Å². The molecular formula is C26H34N4O5S2. The fourth-order valence-corrected chi connectivity index (χ4v) is 6.70. The molecule has 0 bridgehead atoms. The Hall–Kier alpha value is -2.73. The molecule has 0 N–H and O–H groups in total. The van der Waals surface area contributed by atoms with Gasteiger partial charge in [0.15, 0.2) is 16.6 Å². The van der Waals surface area contributed by atoms with Crippen molar-refractivity contribution in [3.8, 4) is 11.5 Å². The van der Waals surface area contributed by atoms with E-state index in [2.05, 4.69) is 0 Å². The predicted octanol–water partition coefficient (Wildman–Crippen LogP) is 4.09. The topological polar surface area (TPSA) is 92.3 Å². The van der Waals surface area contributed by atoms with Crippen LogP contribution < -0.4 is 14.4 Å². The van der Waals surface area contributed by atoms with Crippen LogP contribution in [0.15, 0.2) is 41.3 Å². The fraction of sp³-hybridized carbons (Fsp3) is 0.462. The first-order valence-electron chi connectivity index (χ1n) is 12.5. The molecule has 0 aliphatic carbocycles. The Morgan fingerprint density at radius 1 is 0.946 bits per heavy atom. The van der Waals surface area contributed by atoms with Crippen LogP contribution in [0.5, 0.6) is 11.5 Å². The van der Waals surface area contributed by atoms with E-state index < -0.39 is 10.0 Å². The number of likely N-dealkylation sites (N-methyl/N-ethyl adjacent to an activating group) is 1. The van der Waals surface area contributed by atoms with Crippen molar-refractivity contribution < 1.29 is 22.7 Å². The Balaban J connectivity index is 1.63. The predicted molar refractivity (Wildman–Crippen MR) is 147 cm³/mol.